The molecule has 0 aromatic heterocycles. The first-order chi connectivity index (χ1) is 9.89. The first-order valence-electron chi connectivity index (χ1n) is 7.01. The molecule has 1 aliphatic carbocycles. The molecule has 21 heavy (non-hydrogen) atoms. The van der Waals surface area contributed by atoms with Crippen molar-refractivity contribution in [2.75, 3.05) is 11.9 Å². The summed E-state index contributed by atoms with van der Waals surface area (Å²) in [6, 6.07) is 2.47. The summed E-state index contributed by atoms with van der Waals surface area (Å²) < 4.78 is 14.0. The molecule has 0 aliphatic heterocycles. The van der Waals surface area contributed by atoms with Crippen LogP contribution in [0.1, 0.15) is 32.6 Å². The van der Waals surface area contributed by atoms with E-state index in [0.717, 1.165) is 25.7 Å². The largest absolute Gasteiger partial charge is 0.372 e. The van der Waals surface area contributed by atoms with Gasteiger partial charge in [-0.05, 0) is 41.4 Å². The minimum atomic E-state index is -0.484. The number of hydrogen-bond donors (Lipinski definition) is 2. The summed E-state index contributed by atoms with van der Waals surface area (Å²) >= 11 is 1.76. The number of nitrogens with two attached hydrogens (primary N) is 1. The molecule has 1 fully saturated rings. The minimum absolute atomic E-state index is 0.105. The fourth-order valence-corrected chi connectivity index (χ4v) is 3.46. The number of benzene rings is 1. The molecule has 1 aromatic carbocycles. The van der Waals surface area contributed by atoms with Gasteiger partial charge in [0.2, 0.25) is 0 Å². The quantitative estimate of drug-likeness (QED) is 0.454. The van der Waals surface area contributed by atoms with Crippen molar-refractivity contribution in [2.24, 2.45) is 11.7 Å². The Morgan fingerprint density at radius 2 is 2.29 bits per heavy atom. The molecule has 0 bridgehead atoms. The number of nitrogens with one attached hydrogen (secondary N) is 1. The fourth-order valence-electron chi connectivity index (χ4n) is 3.01. The molecule has 0 saturated heterocycles. The first kappa shape index (κ1) is 16.4. The van der Waals surface area contributed by atoms with Gasteiger partial charge in [0.05, 0.1) is 14.0 Å². The fraction of sp³-hybridized carbons (Fsp3) is 0.571. The van der Waals surface area contributed by atoms with Crippen molar-refractivity contribution in [1.29, 1.82) is 0 Å². The Balaban J connectivity index is 2.41. The number of halogens is 2. The Hall–Kier alpha value is -0.960. The van der Waals surface area contributed by atoms with Crippen LogP contribution in [0, 0.1) is 25.4 Å². The lowest BCUT2D eigenvalue weighted by molar-refractivity contribution is -0.384. The van der Waals surface area contributed by atoms with Crippen molar-refractivity contribution in [3.05, 3.63) is 31.6 Å². The van der Waals surface area contributed by atoms with Gasteiger partial charge in [0, 0.05) is 18.7 Å². The van der Waals surface area contributed by atoms with Gasteiger partial charge in [0.1, 0.15) is 11.5 Å². The minimum Gasteiger partial charge on any atom is -0.372 e. The molecule has 0 amide bonds. The average molecular weight is 407 g/mol. The zero-order valence-electron chi connectivity index (χ0n) is 11.9. The normalized spacial score (nSPS) is 25.6. The molecule has 2 atom stereocenters. The van der Waals surface area contributed by atoms with Crippen molar-refractivity contribution >= 4 is 34.0 Å². The predicted octanol–water partition coefficient (Wildman–Crippen LogP) is 3.66. The molecule has 116 valence electrons. The lowest BCUT2D eigenvalue weighted by Crippen LogP contribution is -2.52. The van der Waals surface area contributed by atoms with Crippen molar-refractivity contribution in [2.45, 2.75) is 38.1 Å². The Morgan fingerprint density at radius 3 is 2.86 bits per heavy atom. The van der Waals surface area contributed by atoms with Crippen LogP contribution in [0.25, 0.3) is 0 Å². The number of nitrogens with zero attached hydrogens (tertiary/aromatic N) is 1. The summed E-state index contributed by atoms with van der Waals surface area (Å²) in [4.78, 5) is 10.7. The molecule has 2 unspecified atom stereocenters. The highest BCUT2D eigenvalue weighted by Crippen LogP contribution is 2.38. The second-order valence-corrected chi connectivity index (χ2v) is 6.83. The molecule has 3 N–H and O–H groups in total. The molecule has 1 saturated carbocycles. The van der Waals surface area contributed by atoms with E-state index in [1.807, 2.05) is 0 Å². The summed E-state index contributed by atoms with van der Waals surface area (Å²) in [6.45, 7) is 2.47. The summed E-state index contributed by atoms with van der Waals surface area (Å²) in [6.07, 6.45) is 4.02. The highest BCUT2D eigenvalue weighted by atomic mass is 127. The van der Waals surface area contributed by atoms with Crippen LogP contribution in [0.3, 0.4) is 0 Å². The molecule has 0 spiro atoms. The summed E-state index contributed by atoms with van der Waals surface area (Å²) in [5.41, 5.74) is 5.66. The Morgan fingerprint density at radius 1 is 1.57 bits per heavy atom. The van der Waals surface area contributed by atoms with Gasteiger partial charge in [-0.25, -0.2) is 4.39 Å². The van der Waals surface area contributed by atoms with Crippen LogP contribution < -0.4 is 11.1 Å². The number of nitro groups is 1. The van der Waals surface area contributed by atoms with Crippen molar-refractivity contribution < 1.29 is 9.31 Å². The molecular formula is C14H19FIN3O2. The van der Waals surface area contributed by atoms with Crippen LogP contribution in [-0.4, -0.2) is 17.0 Å². The third-order valence-electron chi connectivity index (χ3n) is 4.44. The second kappa shape index (κ2) is 6.43. The van der Waals surface area contributed by atoms with Gasteiger partial charge in [-0.1, -0.05) is 19.8 Å². The van der Waals surface area contributed by atoms with E-state index in [-0.39, 0.29) is 20.9 Å². The molecule has 1 aromatic rings. The number of nitro benzene ring substituents is 1. The smallest absolute Gasteiger partial charge is 0.293 e. The van der Waals surface area contributed by atoms with E-state index in [0.29, 0.717) is 6.54 Å². The lowest BCUT2D eigenvalue weighted by Gasteiger charge is -2.43. The van der Waals surface area contributed by atoms with Gasteiger partial charge >= 0.3 is 0 Å². The van der Waals surface area contributed by atoms with Gasteiger partial charge in [-0.15, -0.1) is 0 Å². The van der Waals surface area contributed by atoms with Gasteiger partial charge in [-0.2, -0.15) is 0 Å². The summed E-state index contributed by atoms with van der Waals surface area (Å²) in [7, 11) is 0. The van der Waals surface area contributed by atoms with Gasteiger partial charge in [0.15, 0.2) is 0 Å². The Bertz CT molecular complexity index is 555. The molecule has 0 radical (unpaired) electrons. The Kier molecular flexibility index (Phi) is 5.03. The van der Waals surface area contributed by atoms with Gasteiger partial charge in [0.25, 0.3) is 5.69 Å². The Labute approximate surface area is 136 Å². The van der Waals surface area contributed by atoms with Crippen molar-refractivity contribution in [3.63, 3.8) is 0 Å². The number of hydrogen-bond acceptors (Lipinski definition) is 4. The topological polar surface area (TPSA) is 81.2 Å². The number of rotatable bonds is 4. The SMILES string of the molecule is CC1CCCCC1(CN)Nc1cc(F)c(I)cc1[N+](=O)[O-]. The van der Waals surface area contributed by atoms with E-state index >= 15 is 0 Å². The maximum Gasteiger partial charge on any atom is 0.293 e. The third-order valence-corrected chi connectivity index (χ3v) is 5.26. The number of anilines is 1. The van der Waals surface area contributed by atoms with Gasteiger partial charge in [-0.3, -0.25) is 10.1 Å². The first-order valence-corrected chi connectivity index (χ1v) is 8.09. The van der Waals surface area contributed by atoms with Crippen LogP contribution in [0.15, 0.2) is 12.1 Å². The van der Waals surface area contributed by atoms with E-state index in [2.05, 4.69) is 12.2 Å². The summed E-state index contributed by atoms with van der Waals surface area (Å²) in [5, 5.41) is 14.4. The maximum atomic E-state index is 13.8. The summed E-state index contributed by atoms with van der Waals surface area (Å²) in [5.74, 6) is -0.169. The van der Waals surface area contributed by atoms with E-state index in [9.17, 15) is 14.5 Å². The monoisotopic (exact) mass is 407 g/mol. The lowest BCUT2D eigenvalue weighted by atomic mass is 9.73. The van der Waals surface area contributed by atoms with Crippen LogP contribution in [0.2, 0.25) is 0 Å². The molecule has 7 heteroatoms. The highest BCUT2D eigenvalue weighted by molar-refractivity contribution is 14.1. The van der Waals surface area contributed by atoms with E-state index in [1.165, 1.54) is 12.1 Å². The van der Waals surface area contributed by atoms with Crippen molar-refractivity contribution in [3.8, 4) is 0 Å². The predicted molar refractivity (Wildman–Crippen MR) is 88.8 cm³/mol. The highest BCUT2D eigenvalue weighted by Gasteiger charge is 2.38. The van der Waals surface area contributed by atoms with E-state index < -0.39 is 16.3 Å². The molecule has 2 rings (SSSR count). The van der Waals surface area contributed by atoms with Crippen LogP contribution in [0.5, 0.6) is 0 Å². The van der Waals surface area contributed by atoms with Crippen LogP contribution in [-0.2, 0) is 0 Å². The standard InChI is InChI=1S/C14H19FIN3O2/c1-9-4-2-3-5-14(9,8-17)18-12-6-10(15)11(16)7-13(12)19(20)21/h6-7,9,18H,2-5,8,17H2,1H3. The average Bonchev–Trinajstić information content (AvgIpc) is 2.45. The molecular weight excluding hydrogens is 388 g/mol. The molecule has 0 heterocycles. The zero-order valence-corrected chi connectivity index (χ0v) is 14.0. The molecule has 1 aliphatic rings. The van der Waals surface area contributed by atoms with Gasteiger partial charge < -0.3 is 11.1 Å². The molecule has 5 nitrogen and oxygen atoms in total. The zero-order chi connectivity index (χ0) is 15.6. The second-order valence-electron chi connectivity index (χ2n) is 5.67. The van der Waals surface area contributed by atoms with E-state index in [1.54, 1.807) is 22.6 Å². The van der Waals surface area contributed by atoms with E-state index in [4.69, 9.17) is 5.73 Å². The van der Waals surface area contributed by atoms with Crippen LogP contribution >= 0.6 is 22.6 Å². The van der Waals surface area contributed by atoms with Crippen LogP contribution in [0.4, 0.5) is 15.8 Å². The third kappa shape index (κ3) is 3.28. The van der Waals surface area contributed by atoms with Crippen molar-refractivity contribution in [1.82, 2.24) is 0 Å². The maximum absolute atomic E-state index is 13.8.